The number of fused-ring (bicyclic) bond motifs is 1. The van der Waals surface area contributed by atoms with Gasteiger partial charge in [-0.3, -0.25) is 0 Å². The van der Waals surface area contributed by atoms with E-state index in [0.717, 1.165) is 15.6 Å². The summed E-state index contributed by atoms with van der Waals surface area (Å²) in [5.74, 6) is 0. The van der Waals surface area contributed by atoms with E-state index < -0.39 is 0 Å². The highest BCUT2D eigenvalue weighted by Gasteiger charge is 2.16. The molecule has 0 saturated carbocycles. The highest BCUT2D eigenvalue weighted by Crippen LogP contribution is 2.38. The van der Waals surface area contributed by atoms with Crippen molar-refractivity contribution >= 4 is 49.9 Å². The van der Waals surface area contributed by atoms with Crippen molar-refractivity contribution in [3.8, 4) is 0 Å². The number of benzene rings is 3. The summed E-state index contributed by atoms with van der Waals surface area (Å²) in [4.78, 5) is 0. The van der Waals surface area contributed by atoms with Gasteiger partial charge in [0.25, 0.3) is 0 Å². The fourth-order valence-corrected chi connectivity index (χ4v) is 3.51. The molecule has 0 aliphatic carbocycles. The fraction of sp³-hybridized carbons (Fsp3) is 0.0588. The summed E-state index contributed by atoms with van der Waals surface area (Å²) in [5.41, 5.74) is 2.07. The number of halogens is 3. The second-order valence-electron chi connectivity index (χ2n) is 4.60. The minimum absolute atomic E-state index is 0.242. The Labute approximate surface area is 136 Å². The Morgan fingerprint density at radius 3 is 2.45 bits per heavy atom. The zero-order valence-electron chi connectivity index (χ0n) is 10.5. The second kappa shape index (κ2) is 5.77. The highest BCUT2D eigenvalue weighted by atomic mass is 79.9. The molecule has 0 amide bonds. The second-order valence-corrected chi connectivity index (χ2v) is 6.32. The first kappa shape index (κ1) is 13.9. The fourth-order valence-electron chi connectivity index (χ4n) is 2.35. The van der Waals surface area contributed by atoms with E-state index in [1.54, 1.807) is 0 Å². The maximum Gasteiger partial charge on any atom is 0.0852 e. The molecule has 0 aliphatic rings. The van der Waals surface area contributed by atoms with Crippen LogP contribution < -0.4 is 0 Å². The Hall–Kier alpha value is -1.02. The van der Waals surface area contributed by atoms with Gasteiger partial charge in [0.15, 0.2) is 0 Å². The lowest BCUT2D eigenvalue weighted by Gasteiger charge is -2.15. The zero-order chi connectivity index (χ0) is 14.1. The molecule has 3 aromatic rings. The molecule has 0 spiro atoms. The van der Waals surface area contributed by atoms with Crippen molar-refractivity contribution in [3.05, 3.63) is 81.3 Å². The molecule has 1 unspecified atom stereocenters. The summed E-state index contributed by atoms with van der Waals surface area (Å²) in [6, 6.07) is 20.1. The van der Waals surface area contributed by atoms with Crippen molar-refractivity contribution in [1.82, 2.24) is 0 Å². The van der Waals surface area contributed by atoms with Gasteiger partial charge < -0.3 is 0 Å². The third kappa shape index (κ3) is 2.58. The van der Waals surface area contributed by atoms with Crippen LogP contribution in [0.4, 0.5) is 0 Å². The van der Waals surface area contributed by atoms with Crippen LogP contribution in [0.1, 0.15) is 16.5 Å². The molecule has 1 atom stereocenters. The molecule has 3 aromatic carbocycles. The van der Waals surface area contributed by atoms with Crippen molar-refractivity contribution in [2.45, 2.75) is 5.38 Å². The normalized spacial score (nSPS) is 12.6. The number of alkyl halides is 1. The number of hydrogen-bond acceptors (Lipinski definition) is 0. The van der Waals surface area contributed by atoms with Crippen LogP contribution in [0.2, 0.25) is 5.02 Å². The molecule has 20 heavy (non-hydrogen) atoms. The van der Waals surface area contributed by atoms with Gasteiger partial charge in [-0.25, -0.2) is 0 Å². The summed E-state index contributed by atoms with van der Waals surface area (Å²) in [6.45, 7) is 0. The van der Waals surface area contributed by atoms with Gasteiger partial charge in [-0.1, -0.05) is 70.0 Å². The maximum atomic E-state index is 6.70. The van der Waals surface area contributed by atoms with Crippen molar-refractivity contribution in [3.63, 3.8) is 0 Å². The Morgan fingerprint density at radius 2 is 1.60 bits per heavy atom. The van der Waals surface area contributed by atoms with Crippen molar-refractivity contribution < 1.29 is 0 Å². The summed E-state index contributed by atoms with van der Waals surface area (Å²) >= 11 is 16.3. The van der Waals surface area contributed by atoms with Gasteiger partial charge >= 0.3 is 0 Å². The van der Waals surface area contributed by atoms with Gasteiger partial charge in [0.2, 0.25) is 0 Å². The molecule has 0 fully saturated rings. The first-order chi connectivity index (χ1) is 9.66. The van der Waals surface area contributed by atoms with Crippen molar-refractivity contribution in [1.29, 1.82) is 0 Å². The summed E-state index contributed by atoms with van der Waals surface area (Å²) in [7, 11) is 0. The van der Waals surface area contributed by atoms with Crippen LogP contribution in [0, 0.1) is 0 Å². The molecule has 0 radical (unpaired) electrons. The third-order valence-corrected chi connectivity index (χ3v) is 4.75. The minimum Gasteiger partial charge on any atom is -0.113 e. The zero-order valence-corrected chi connectivity index (χ0v) is 13.6. The lowest BCUT2D eigenvalue weighted by atomic mass is 9.98. The number of rotatable bonds is 2. The largest absolute Gasteiger partial charge is 0.113 e. The molecule has 0 saturated heterocycles. The van der Waals surface area contributed by atoms with Gasteiger partial charge in [0, 0.05) is 9.50 Å². The predicted molar refractivity (Wildman–Crippen MR) is 90.8 cm³/mol. The van der Waals surface area contributed by atoms with E-state index in [4.69, 9.17) is 23.2 Å². The monoisotopic (exact) mass is 364 g/mol. The van der Waals surface area contributed by atoms with Crippen molar-refractivity contribution in [2.24, 2.45) is 0 Å². The molecular formula is C17H11BrCl2. The minimum atomic E-state index is -0.242. The standard InChI is InChI=1S/C17H11BrCl2/c18-16-9-8-12(19)10-15(16)17(20)14-7-3-5-11-4-1-2-6-13(11)14/h1-10,17H. The quantitative estimate of drug-likeness (QED) is 0.449. The van der Waals surface area contributed by atoms with E-state index in [0.29, 0.717) is 5.02 Å². The van der Waals surface area contributed by atoms with E-state index in [2.05, 4.69) is 40.2 Å². The molecule has 0 aliphatic heterocycles. The van der Waals surface area contributed by atoms with Gasteiger partial charge in [0.05, 0.1) is 5.38 Å². The van der Waals surface area contributed by atoms with E-state index in [1.165, 1.54) is 10.8 Å². The van der Waals surface area contributed by atoms with E-state index in [9.17, 15) is 0 Å². The van der Waals surface area contributed by atoms with E-state index >= 15 is 0 Å². The van der Waals surface area contributed by atoms with Crippen LogP contribution in [-0.2, 0) is 0 Å². The van der Waals surface area contributed by atoms with E-state index in [1.807, 2.05) is 36.4 Å². The van der Waals surface area contributed by atoms with Gasteiger partial charge in [-0.15, -0.1) is 11.6 Å². The smallest absolute Gasteiger partial charge is 0.0852 e. The first-order valence-electron chi connectivity index (χ1n) is 6.23. The molecule has 3 rings (SSSR count). The summed E-state index contributed by atoms with van der Waals surface area (Å²) < 4.78 is 0.967. The Balaban J connectivity index is 2.17. The molecule has 0 nitrogen and oxygen atoms in total. The van der Waals surface area contributed by atoms with Crippen LogP contribution in [0.25, 0.3) is 10.8 Å². The summed E-state index contributed by atoms with van der Waals surface area (Å²) in [5, 5.41) is 2.80. The third-order valence-electron chi connectivity index (χ3n) is 3.33. The molecular weight excluding hydrogens is 355 g/mol. The van der Waals surface area contributed by atoms with Crippen molar-refractivity contribution in [2.75, 3.05) is 0 Å². The topological polar surface area (TPSA) is 0 Å². The van der Waals surface area contributed by atoms with Crippen LogP contribution in [0.15, 0.2) is 65.1 Å². The molecule has 0 heterocycles. The average Bonchev–Trinajstić information content (AvgIpc) is 2.48. The average molecular weight is 366 g/mol. The Morgan fingerprint density at radius 1 is 0.850 bits per heavy atom. The molecule has 0 aromatic heterocycles. The molecule has 0 bridgehead atoms. The number of hydrogen-bond donors (Lipinski definition) is 0. The van der Waals surface area contributed by atoms with Crippen LogP contribution >= 0.6 is 39.1 Å². The lowest BCUT2D eigenvalue weighted by Crippen LogP contribution is -1.96. The Bertz CT molecular complexity index is 763. The van der Waals surface area contributed by atoms with Crippen LogP contribution in [0.3, 0.4) is 0 Å². The van der Waals surface area contributed by atoms with Gasteiger partial charge in [-0.2, -0.15) is 0 Å². The molecule has 0 N–H and O–H groups in total. The van der Waals surface area contributed by atoms with Crippen LogP contribution in [0.5, 0.6) is 0 Å². The van der Waals surface area contributed by atoms with Gasteiger partial charge in [-0.05, 0) is 40.1 Å². The lowest BCUT2D eigenvalue weighted by molar-refractivity contribution is 1.15. The SMILES string of the molecule is Clc1ccc(Br)c(C(Cl)c2cccc3ccccc23)c1. The maximum absolute atomic E-state index is 6.70. The van der Waals surface area contributed by atoms with Gasteiger partial charge in [0.1, 0.15) is 0 Å². The first-order valence-corrected chi connectivity index (χ1v) is 7.84. The Kier molecular flexibility index (Phi) is 4.02. The summed E-state index contributed by atoms with van der Waals surface area (Å²) in [6.07, 6.45) is 0. The highest BCUT2D eigenvalue weighted by molar-refractivity contribution is 9.10. The molecule has 100 valence electrons. The predicted octanol–water partition coefficient (Wildman–Crippen LogP) is 6.58. The molecule has 3 heteroatoms. The van der Waals surface area contributed by atoms with E-state index in [-0.39, 0.29) is 5.38 Å². The van der Waals surface area contributed by atoms with Crippen LogP contribution in [-0.4, -0.2) is 0 Å².